The van der Waals surface area contributed by atoms with Gasteiger partial charge in [0.1, 0.15) is 16.6 Å². The van der Waals surface area contributed by atoms with Gasteiger partial charge in [0.2, 0.25) is 0 Å². The monoisotopic (exact) mass is 175 g/mol. The second-order valence-electron chi connectivity index (χ2n) is 2.24. The van der Waals surface area contributed by atoms with E-state index in [4.69, 9.17) is 5.26 Å². The second kappa shape index (κ2) is 2.80. The Morgan fingerprint density at radius 1 is 1.58 bits per heavy atom. The third-order valence-electron chi connectivity index (χ3n) is 1.54. The molecule has 0 saturated heterocycles. The van der Waals surface area contributed by atoms with Crippen molar-refractivity contribution in [3.63, 3.8) is 0 Å². The lowest BCUT2D eigenvalue weighted by atomic mass is 10.2. The van der Waals surface area contributed by atoms with Crippen molar-refractivity contribution in [3.8, 4) is 17.3 Å². The SMILES string of the molecule is N#Cc1scnc1-c1cc[nH]c1. The first-order valence-corrected chi connectivity index (χ1v) is 4.26. The lowest BCUT2D eigenvalue weighted by Gasteiger charge is -1.88. The molecule has 0 saturated carbocycles. The number of hydrogen-bond acceptors (Lipinski definition) is 3. The van der Waals surface area contributed by atoms with Crippen LogP contribution >= 0.6 is 11.3 Å². The van der Waals surface area contributed by atoms with Gasteiger partial charge in [0.25, 0.3) is 0 Å². The number of nitrogens with zero attached hydrogens (tertiary/aromatic N) is 2. The van der Waals surface area contributed by atoms with Crippen LogP contribution in [0.3, 0.4) is 0 Å². The molecule has 0 spiro atoms. The van der Waals surface area contributed by atoms with Gasteiger partial charge in [-0.15, -0.1) is 11.3 Å². The molecule has 2 aromatic rings. The molecular formula is C8H5N3S. The lowest BCUT2D eigenvalue weighted by molar-refractivity contribution is 1.38. The Balaban J connectivity index is 2.55. The largest absolute Gasteiger partial charge is 0.367 e. The predicted octanol–water partition coefficient (Wildman–Crippen LogP) is 2.01. The van der Waals surface area contributed by atoms with E-state index >= 15 is 0 Å². The highest BCUT2D eigenvalue weighted by Crippen LogP contribution is 2.23. The highest BCUT2D eigenvalue weighted by molar-refractivity contribution is 7.10. The number of aromatic nitrogens is 2. The molecule has 4 heteroatoms. The van der Waals surface area contributed by atoms with Gasteiger partial charge in [0.15, 0.2) is 0 Å². The maximum absolute atomic E-state index is 8.72. The van der Waals surface area contributed by atoms with Crippen molar-refractivity contribution in [2.75, 3.05) is 0 Å². The van der Waals surface area contributed by atoms with Gasteiger partial charge in [0, 0.05) is 18.0 Å². The van der Waals surface area contributed by atoms with E-state index in [1.54, 1.807) is 5.51 Å². The third-order valence-corrected chi connectivity index (χ3v) is 2.27. The molecule has 1 N–H and O–H groups in total. The van der Waals surface area contributed by atoms with Crippen LogP contribution in [-0.2, 0) is 0 Å². The Morgan fingerprint density at radius 3 is 3.17 bits per heavy atom. The quantitative estimate of drug-likeness (QED) is 0.720. The summed E-state index contributed by atoms with van der Waals surface area (Å²) < 4.78 is 0. The average molecular weight is 175 g/mol. The van der Waals surface area contributed by atoms with Crippen LogP contribution < -0.4 is 0 Å². The van der Waals surface area contributed by atoms with Crippen LogP contribution in [0.15, 0.2) is 24.0 Å². The third kappa shape index (κ3) is 1.00. The number of thiazole rings is 1. The lowest BCUT2D eigenvalue weighted by Crippen LogP contribution is -1.75. The second-order valence-corrected chi connectivity index (χ2v) is 3.10. The van der Waals surface area contributed by atoms with E-state index in [1.807, 2.05) is 18.5 Å². The van der Waals surface area contributed by atoms with Crippen LogP contribution in [0.1, 0.15) is 4.88 Å². The van der Waals surface area contributed by atoms with E-state index in [2.05, 4.69) is 16.0 Å². The maximum atomic E-state index is 8.72. The summed E-state index contributed by atoms with van der Waals surface area (Å²) in [5, 5.41) is 8.72. The van der Waals surface area contributed by atoms with Crippen molar-refractivity contribution < 1.29 is 0 Å². The molecule has 2 heterocycles. The number of hydrogen-bond donors (Lipinski definition) is 1. The fourth-order valence-corrected chi connectivity index (χ4v) is 1.60. The van der Waals surface area contributed by atoms with Crippen molar-refractivity contribution in [1.82, 2.24) is 9.97 Å². The number of H-pyrrole nitrogens is 1. The highest BCUT2D eigenvalue weighted by Gasteiger charge is 2.07. The first kappa shape index (κ1) is 7.07. The fraction of sp³-hybridized carbons (Fsp3) is 0. The summed E-state index contributed by atoms with van der Waals surface area (Å²) in [5.41, 5.74) is 3.41. The smallest absolute Gasteiger partial charge is 0.132 e. The molecule has 0 fully saturated rings. The topological polar surface area (TPSA) is 52.5 Å². The van der Waals surface area contributed by atoms with E-state index in [1.165, 1.54) is 11.3 Å². The first-order valence-electron chi connectivity index (χ1n) is 3.38. The number of nitrogens with one attached hydrogen (secondary N) is 1. The van der Waals surface area contributed by atoms with Crippen LogP contribution in [0, 0.1) is 11.3 Å². The Hall–Kier alpha value is -1.60. The van der Waals surface area contributed by atoms with Crippen LogP contribution in [0.25, 0.3) is 11.3 Å². The molecule has 12 heavy (non-hydrogen) atoms. The van der Waals surface area contributed by atoms with Gasteiger partial charge < -0.3 is 4.98 Å². The fourth-order valence-electron chi connectivity index (χ4n) is 1.00. The van der Waals surface area contributed by atoms with Crippen molar-refractivity contribution in [2.45, 2.75) is 0 Å². The van der Waals surface area contributed by atoms with Crippen molar-refractivity contribution in [2.24, 2.45) is 0 Å². The van der Waals surface area contributed by atoms with Crippen LogP contribution in [-0.4, -0.2) is 9.97 Å². The van der Waals surface area contributed by atoms with Gasteiger partial charge in [-0.25, -0.2) is 4.98 Å². The zero-order valence-electron chi connectivity index (χ0n) is 6.11. The molecule has 0 radical (unpaired) electrons. The van der Waals surface area contributed by atoms with E-state index in [-0.39, 0.29) is 0 Å². The average Bonchev–Trinajstić information content (AvgIpc) is 2.74. The normalized spacial score (nSPS) is 9.58. The van der Waals surface area contributed by atoms with Gasteiger partial charge in [-0.1, -0.05) is 0 Å². The van der Waals surface area contributed by atoms with Crippen LogP contribution in [0.5, 0.6) is 0 Å². The van der Waals surface area contributed by atoms with E-state index in [0.717, 1.165) is 11.3 Å². The van der Waals surface area contributed by atoms with Crippen LogP contribution in [0.2, 0.25) is 0 Å². The number of nitriles is 1. The molecule has 0 aromatic carbocycles. The van der Waals surface area contributed by atoms with Crippen molar-refractivity contribution in [1.29, 1.82) is 5.26 Å². The van der Waals surface area contributed by atoms with Gasteiger partial charge in [-0.2, -0.15) is 5.26 Å². The minimum atomic E-state index is 0.662. The highest BCUT2D eigenvalue weighted by atomic mass is 32.1. The summed E-state index contributed by atoms with van der Waals surface area (Å²) in [6.07, 6.45) is 3.64. The maximum Gasteiger partial charge on any atom is 0.132 e. The molecule has 0 aliphatic carbocycles. The first-order chi connectivity index (χ1) is 5.92. The molecule has 2 aromatic heterocycles. The molecule has 58 valence electrons. The van der Waals surface area contributed by atoms with E-state index in [0.29, 0.717) is 4.88 Å². The zero-order chi connectivity index (χ0) is 8.39. The molecule has 2 rings (SSSR count). The Bertz CT molecular complexity index is 408. The molecule has 0 unspecified atom stereocenters. The number of aromatic amines is 1. The molecule has 0 aliphatic heterocycles. The summed E-state index contributed by atoms with van der Waals surface area (Å²) in [6.45, 7) is 0. The van der Waals surface area contributed by atoms with Crippen molar-refractivity contribution in [3.05, 3.63) is 28.8 Å². The van der Waals surface area contributed by atoms with Crippen molar-refractivity contribution >= 4 is 11.3 Å². The minimum Gasteiger partial charge on any atom is -0.367 e. The summed E-state index contributed by atoms with van der Waals surface area (Å²) >= 11 is 1.36. The molecule has 0 amide bonds. The summed E-state index contributed by atoms with van der Waals surface area (Å²) in [5.74, 6) is 0. The molecule has 0 bridgehead atoms. The zero-order valence-corrected chi connectivity index (χ0v) is 6.93. The Morgan fingerprint density at radius 2 is 2.50 bits per heavy atom. The van der Waals surface area contributed by atoms with Crippen LogP contribution in [0.4, 0.5) is 0 Å². The number of rotatable bonds is 1. The van der Waals surface area contributed by atoms with Gasteiger partial charge in [-0.3, -0.25) is 0 Å². The summed E-state index contributed by atoms with van der Waals surface area (Å²) in [7, 11) is 0. The Kier molecular flexibility index (Phi) is 1.65. The summed E-state index contributed by atoms with van der Waals surface area (Å²) in [4.78, 5) is 7.69. The standard InChI is InChI=1S/C8H5N3S/c9-3-7-8(11-5-12-7)6-1-2-10-4-6/h1-2,4-5,10H. The predicted molar refractivity (Wildman–Crippen MR) is 46.6 cm³/mol. The van der Waals surface area contributed by atoms with Gasteiger partial charge in [0.05, 0.1) is 5.51 Å². The van der Waals surface area contributed by atoms with Gasteiger partial charge in [-0.05, 0) is 6.07 Å². The Labute approximate surface area is 73.3 Å². The minimum absolute atomic E-state index is 0.662. The van der Waals surface area contributed by atoms with E-state index < -0.39 is 0 Å². The van der Waals surface area contributed by atoms with Gasteiger partial charge >= 0.3 is 0 Å². The molecular weight excluding hydrogens is 170 g/mol. The molecule has 0 atom stereocenters. The molecule has 3 nitrogen and oxygen atoms in total. The summed E-state index contributed by atoms with van der Waals surface area (Å²) in [6, 6.07) is 4.00. The molecule has 0 aliphatic rings. The van der Waals surface area contributed by atoms with E-state index in [9.17, 15) is 0 Å².